The number of halogens is 10. The summed E-state index contributed by atoms with van der Waals surface area (Å²) < 4.78 is 134. The van der Waals surface area contributed by atoms with Gasteiger partial charge < -0.3 is 4.74 Å². The van der Waals surface area contributed by atoms with Gasteiger partial charge in [-0.3, -0.25) is 0 Å². The molecule has 2 unspecified atom stereocenters. The highest BCUT2D eigenvalue weighted by Crippen LogP contribution is 2.45. The molecule has 0 aliphatic carbocycles. The number of unbranched alkanes of at least 4 members (excludes halogenated alkanes) is 4. The maximum absolute atomic E-state index is 13.5. The topological polar surface area (TPSA) is 9.23 Å². The van der Waals surface area contributed by atoms with Crippen molar-refractivity contribution >= 4 is 0 Å². The summed E-state index contributed by atoms with van der Waals surface area (Å²) in [4.78, 5) is 0. The predicted molar refractivity (Wildman–Crippen MR) is 106 cm³/mol. The van der Waals surface area contributed by atoms with E-state index in [9.17, 15) is 43.9 Å². The van der Waals surface area contributed by atoms with Crippen molar-refractivity contribution in [3.8, 4) is 0 Å². The van der Waals surface area contributed by atoms with Gasteiger partial charge in [0.25, 0.3) is 0 Å². The lowest BCUT2D eigenvalue weighted by molar-refractivity contribution is -0.303. The third-order valence-electron chi connectivity index (χ3n) is 5.37. The van der Waals surface area contributed by atoms with Crippen LogP contribution in [0.5, 0.6) is 0 Å². The van der Waals surface area contributed by atoms with E-state index in [2.05, 4.69) is 13.2 Å². The maximum atomic E-state index is 13.5. The molecule has 0 aliphatic heterocycles. The molecule has 0 N–H and O–H groups in total. The molecule has 0 aromatic carbocycles. The number of ether oxygens (including phenoxy) is 1. The van der Waals surface area contributed by atoms with Gasteiger partial charge in [0.15, 0.2) is 0 Å². The van der Waals surface area contributed by atoms with E-state index in [0.29, 0.717) is 25.7 Å². The smallest absolute Gasteiger partial charge is 0.381 e. The van der Waals surface area contributed by atoms with Gasteiger partial charge in [-0.2, -0.15) is 43.9 Å². The predicted octanol–water partition coefficient (Wildman–Crippen LogP) is 8.90. The van der Waals surface area contributed by atoms with E-state index in [1.807, 2.05) is 0 Å². The van der Waals surface area contributed by atoms with Crippen molar-refractivity contribution in [1.82, 2.24) is 0 Å². The van der Waals surface area contributed by atoms with E-state index in [0.717, 1.165) is 12.2 Å². The van der Waals surface area contributed by atoms with Gasteiger partial charge in [0.05, 0.1) is 0 Å². The molecule has 0 aromatic heterocycles. The Kier molecular flexibility index (Phi) is 13.7. The Hall–Kier alpha value is -1.26. The van der Waals surface area contributed by atoms with Crippen molar-refractivity contribution in [3.05, 3.63) is 25.3 Å². The summed E-state index contributed by atoms with van der Waals surface area (Å²) in [6.45, 7) is 6.94. The molecule has 0 saturated heterocycles. The second kappa shape index (κ2) is 14.2. The fraction of sp³-hybridized carbons (Fsp3) is 0.818. The van der Waals surface area contributed by atoms with Gasteiger partial charge in [0.1, 0.15) is 0 Å². The Morgan fingerprint density at radius 3 is 1.15 bits per heavy atom. The van der Waals surface area contributed by atoms with Gasteiger partial charge in [-0.1, -0.05) is 37.8 Å². The van der Waals surface area contributed by atoms with Crippen LogP contribution >= 0.6 is 0 Å². The van der Waals surface area contributed by atoms with Crippen LogP contribution in [0.15, 0.2) is 25.3 Å². The van der Waals surface area contributed by atoms with Crippen LogP contribution in [0.3, 0.4) is 0 Å². The molecular formula is C22H32F10O. The molecule has 0 aromatic rings. The molecule has 196 valence electrons. The zero-order valence-electron chi connectivity index (χ0n) is 18.4. The van der Waals surface area contributed by atoms with Crippen molar-refractivity contribution in [1.29, 1.82) is 0 Å². The first-order chi connectivity index (χ1) is 15.1. The summed E-state index contributed by atoms with van der Waals surface area (Å²) in [5.41, 5.74) is 0. The second-order valence-electron chi connectivity index (χ2n) is 8.00. The monoisotopic (exact) mass is 502 g/mol. The molecule has 0 aliphatic rings. The molecule has 11 heteroatoms. The van der Waals surface area contributed by atoms with Crippen molar-refractivity contribution in [2.24, 2.45) is 11.8 Å². The van der Waals surface area contributed by atoms with Crippen molar-refractivity contribution in [3.63, 3.8) is 0 Å². The maximum Gasteiger partial charge on any atom is 0.453 e. The minimum atomic E-state index is -5.61. The minimum Gasteiger partial charge on any atom is -0.381 e. The van der Waals surface area contributed by atoms with Gasteiger partial charge in [0, 0.05) is 25.0 Å². The van der Waals surface area contributed by atoms with Gasteiger partial charge >= 0.3 is 24.2 Å². The summed E-state index contributed by atoms with van der Waals surface area (Å²) >= 11 is 0. The van der Waals surface area contributed by atoms with Crippen LogP contribution in [0.1, 0.15) is 64.2 Å². The van der Waals surface area contributed by atoms with Gasteiger partial charge in [0.2, 0.25) is 0 Å². The number of allylic oxidation sites excluding steroid dienone is 2. The highest BCUT2D eigenvalue weighted by molar-refractivity contribution is 4.89. The minimum absolute atomic E-state index is 0.158. The van der Waals surface area contributed by atoms with Crippen LogP contribution in [0.25, 0.3) is 0 Å². The van der Waals surface area contributed by atoms with Gasteiger partial charge in [-0.25, -0.2) is 0 Å². The van der Waals surface area contributed by atoms with E-state index in [1.165, 1.54) is 0 Å². The standard InChI is InChI=1S/C22H32F10O/c1-3-11-17(19(23,24)21(27,28)29)13-7-5-9-15-33-16-10-6-8-14-18(12-4-2)20(25,26)22(30,31)32/h3-4,17-18H,1-2,5-16H2. The van der Waals surface area contributed by atoms with Crippen LogP contribution in [-0.2, 0) is 4.74 Å². The summed E-state index contributed by atoms with van der Waals surface area (Å²) in [5.74, 6) is -13.3. The Bertz CT molecular complexity index is 506. The van der Waals surface area contributed by atoms with E-state index < -0.39 is 48.9 Å². The molecule has 0 spiro atoms. The van der Waals surface area contributed by atoms with Crippen LogP contribution < -0.4 is 0 Å². The average Bonchev–Trinajstić information content (AvgIpc) is 2.68. The van der Waals surface area contributed by atoms with Gasteiger partial charge in [-0.15, -0.1) is 13.2 Å². The number of rotatable bonds is 18. The summed E-state index contributed by atoms with van der Waals surface area (Å²) in [6, 6.07) is 0. The zero-order chi connectivity index (χ0) is 25.8. The number of alkyl halides is 10. The molecule has 0 bridgehead atoms. The fourth-order valence-electron chi connectivity index (χ4n) is 3.40. The van der Waals surface area contributed by atoms with E-state index >= 15 is 0 Å². The average molecular weight is 502 g/mol. The highest BCUT2D eigenvalue weighted by Gasteiger charge is 2.62. The summed E-state index contributed by atoms with van der Waals surface area (Å²) in [5, 5.41) is 0. The third kappa shape index (κ3) is 10.7. The van der Waals surface area contributed by atoms with Crippen molar-refractivity contribution < 1.29 is 48.6 Å². The summed E-state index contributed by atoms with van der Waals surface area (Å²) in [6.07, 6.45) is -8.71. The van der Waals surface area contributed by atoms with E-state index in [4.69, 9.17) is 4.74 Å². The van der Waals surface area contributed by atoms with Crippen LogP contribution in [-0.4, -0.2) is 37.4 Å². The number of hydrogen-bond donors (Lipinski definition) is 0. The molecule has 0 amide bonds. The molecule has 0 radical (unpaired) electrons. The van der Waals surface area contributed by atoms with Crippen LogP contribution in [0.4, 0.5) is 43.9 Å². The first-order valence-electron chi connectivity index (χ1n) is 10.8. The molecule has 33 heavy (non-hydrogen) atoms. The Morgan fingerprint density at radius 1 is 0.545 bits per heavy atom. The lowest BCUT2D eigenvalue weighted by Crippen LogP contribution is -2.43. The molecule has 1 nitrogen and oxygen atoms in total. The van der Waals surface area contributed by atoms with Gasteiger partial charge in [-0.05, 0) is 38.5 Å². The molecular weight excluding hydrogens is 470 g/mol. The second-order valence-corrected chi connectivity index (χ2v) is 8.00. The van der Waals surface area contributed by atoms with E-state index in [-0.39, 0.29) is 38.9 Å². The molecule has 0 rings (SSSR count). The molecule has 0 heterocycles. The van der Waals surface area contributed by atoms with Crippen LogP contribution in [0.2, 0.25) is 0 Å². The Morgan fingerprint density at radius 2 is 0.879 bits per heavy atom. The first-order valence-corrected chi connectivity index (χ1v) is 10.8. The normalized spacial score (nSPS) is 15.3. The molecule has 0 fully saturated rings. The van der Waals surface area contributed by atoms with E-state index in [1.54, 1.807) is 0 Å². The Labute approximate surface area is 188 Å². The largest absolute Gasteiger partial charge is 0.453 e. The third-order valence-corrected chi connectivity index (χ3v) is 5.37. The SMILES string of the molecule is C=CCC(CCCCCOCCCCCC(CC=C)C(F)(F)C(F)(F)F)C(F)(F)C(F)(F)F. The van der Waals surface area contributed by atoms with Crippen LogP contribution in [0, 0.1) is 11.8 Å². The van der Waals surface area contributed by atoms with Crippen molar-refractivity contribution in [2.45, 2.75) is 88.4 Å². The fourth-order valence-corrected chi connectivity index (χ4v) is 3.40. The zero-order valence-corrected chi connectivity index (χ0v) is 18.4. The lowest BCUT2D eigenvalue weighted by Gasteiger charge is -2.28. The number of hydrogen-bond acceptors (Lipinski definition) is 1. The quantitative estimate of drug-likeness (QED) is 0.103. The Balaban J connectivity index is 4.06. The summed E-state index contributed by atoms with van der Waals surface area (Å²) in [7, 11) is 0. The molecule has 0 saturated carbocycles. The molecule has 2 atom stereocenters. The van der Waals surface area contributed by atoms with Crippen molar-refractivity contribution in [2.75, 3.05) is 13.2 Å². The highest BCUT2D eigenvalue weighted by atomic mass is 19.4. The first kappa shape index (κ1) is 31.7. The lowest BCUT2D eigenvalue weighted by atomic mass is 9.91.